The molecule has 0 radical (unpaired) electrons. The molecule has 0 aliphatic carbocycles. The number of methoxy groups -OCH3 is 1. The van der Waals surface area contributed by atoms with Gasteiger partial charge in [-0.2, -0.15) is 0 Å². The molecule has 0 aliphatic rings. The van der Waals surface area contributed by atoms with Crippen molar-refractivity contribution in [1.29, 1.82) is 0 Å². The van der Waals surface area contributed by atoms with Crippen LogP contribution < -0.4 is 4.74 Å². The van der Waals surface area contributed by atoms with Crippen LogP contribution in [0.1, 0.15) is 0 Å². The van der Waals surface area contributed by atoms with Gasteiger partial charge >= 0.3 is 0 Å². The van der Waals surface area contributed by atoms with Crippen molar-refractivity contribution in [2.45, 2.75) is 0 Å². The highest BCUT2D eigenvalue weighted by molar-refractivity contribution is 7.17. The van der Waals surface area contributed by atoms with Crippen LogP contribution in [0.2, 0.25) is 0 Å². The van der Waals surface area contributed by atoms with E-state index in [1.165, 1.54) is 10.4 Å². The molecule has 0 bridgehead atoms. The largest absolute Gasteiger partial charge is 0.482 e. The molecule has 0 unspecified atom stereocenters. The lowest BCUT2D eigenvalue weighted by Crippen LogP contribution is -2.02. The Hall–Kier alpha value is -1.32. The number of hydrogen-bond acceptors (Lipinski definition) is 3. The van der Waals surface area contributed by atoms with E-state index in [0.717, 1.165) is 5.06 Å². The minimum atomic E-state index is 0.602. The molecule has 2 aromatic rings. The molecule has 0 amide bonds. The highest BCUT2D eigenvalue weighted by atomic mass is 32.1. The predicted molar refractivity (Wildman–Crippen MR) is 67.1 cm³/mol. The molecular formula is C13H14O2S. The van der Waals surface area contributed by atoms with Crippen LogP contribution in [0.3, 0.4) is 0 Å². The van der Waals surface area contributed by atoms with E-state index in [2.05, 4.69) is 18.2 Å². The standard InChI is InChI=1S/C13H14O2S/c1-14-9-10-15-13-8-7-12(16-13)11-5-3-2-4-6-11/h2-8H,9-10H2,1H3. The monoisotopic (exact) mass is 234 g/mol. The van der Waals surface area contributed by atoms with Crippen LogP contribution in [-0.4, -0.2) is 20.3 Å². The molecular weight excluding hydrogens is 220 g/mol. The molecule has 1 aromatic carbocycles. The van der Waals surface area contributed by atoms with Gasteiger partial charge in [0.25, 0.3) is 0 Å². The molecule has 2 rings (SSSR count). The summed E-state index contributed by atoms with van der Waals surface area (Å²) in [6.07, 6.45) is 0. The molecule has 0 spiro atoms. The summed E-state index contributed by atoms with van der Waals surface area (Å²) in [5.41, 5.74) is 1.23. The number of thiophene rings is 1. The maximum absolute atomic E-state index is 5.54. The first-order valence-corrected chi connectivity index (χ1v) is 5.99. The average Bonchev–Trinajstić information content (AvgIpc) is 2.79. The second-order valence-corrected chi connectivity index (χ2v) is 4.37. The van der Waals surface area contributed by atoms with E-state index < -0.39 is 0 Å². The van der Waals surface area contributed by atoms with E-state index in [4.69, 9.17) is 9.47 Å². The number of ether oxygens (including phenoxy) is 2. The van der Waals surface area contributed by atoms with Crippen molar-refractivity contribution in [2.75, 3.05) is 20.3 Å². The first kappa shape index (κ1) is 11.2. The summed E-state index contributed by atoms with van der Waals surface area (Å²) in [5, 5.41) is 0.941. The Labute approximate surface area is 99.5 Å². The van der Waals surface area contributed by atoms with E-state index in [1.807, 2.05) is 24.3 Å². The van der Waals surface area contributed by atoms with Crippen molar-refractivity contribution in [3.8, 4) is 15.5 Å². The summed E-state index contributed by atoms with van der Waals surface area (Å²) < 4.78 is 10.5. The Morgan fingerprint density at radius 1 is 1.00 bits per heavy atom. The zero-order valence-corrected chi connectivity index (χ0v) is 10.00. The third kappa shape index (κ3) is 2.84. The molecule has 1 heterocycles. The lowest BCUT2D eigenvalue weighted by atomic mass is 10.2. The van der Waals surface area contributed by atoms with E-state index >= 15 is 0 Å². The van der Waals surface area contributed by atoms with E-state index in [1.54, 1.807) is 18.4 Å². The van der Waals surface area contributed by atoms with Gasteiger partial charge in [0.15, 0.2) is 5.06 Å². The summed E-state index contributed by atoms with van der Waals surface area (Å²) in [6.45, 7) is 1.23. The van der Waals surface area contributed by atoms with Crippen molar-refractivity contribution in [3.05, 3.63) is 42.5 Å². The third-order valence-corrected chi connectivity index (χ3v) is 3.22. The Kier molecular flexibility index (Phi) is 3.97. The van der Waals surface area contributed by atoms with Gasteiger partial charge in [0, 0.05) is 12.0 Å². The van der Waals surface area contributed by atoms with Gasteiger partial charge in [0.05, 0.1) is 6.61 Å². The van der Waals surface area contributed by atoms with Crippen LogP contribution in [0.4, 0.5) is 0 Å². The third-order valence-electron chi connectivity index (χ3n) is 2.17. The fourth-order valence-corrected chi connectivity index (χ4v) is 2.27. The first-order chi connectivity index (χ1) is 7.90. The van der Waals surface area contributed by atoms with Gasteiger partial charge in [-0.15, -0.1) is 0 Å². The van der Waals surface area contributed by atoms with Gasteiger partial charge in [-0.3, -0.25) is 0 Å². The number of hydrogen-bond donors (Lipinski definition) is 0. The molecule has 0 aliphatic heterocycles. The van der Waals surface area contributed by atoms with Crippen molar-refractivity contribution < 1.29 is 9.47 Å². The van der Waals surface area contributed by atoms with Gasteiger partial charge in [0.1, 0.15) is 6.61 Å². The van der Waals surface area contributed by atoms with Crippen molar-refractivity contribution >= 4 is 11.3 Å². The van der Waals surface area contributed by atoms with Crippen LogP contribution >= 0.6 is 11.3 Å². The Morgan fingerprint density at radius 3 is 2.56 bits per heavy atom. The molecule has 2 nitrogen and oxygen atoms in total. The molecule has 0 fully saturated rings. The number of rotatable bonds is 5. The van der Waals surface area contributed by atoms with Gasteiger partial charge in [0.2, 0.25) is 0 Å². The second kappa shape index (κ2) is 5.68. The normalized spacial score (nSPS) is 10.3. The maximum atomic E-state index is 5.54. The van der Waals surface area contributed by atoms with Crippen molar-refractivity contribution in [1.82, 2.24) is 0 Å². The SMILES string of the molecule is COCCOc1ccc(-c2ccccc2)s1. The van der Waals surface area contributed by atoms with Crippen LogP contribution in [0.5, 0.6) is 5.06 Å². The molecule has 16 heavy (non-hydrogen) atoms. The van der Waals surface area contributed by atoms with Crippen LogP contribution in [0, 0.1) is 0 Å². The predicted octanol–water partition coefficient (Wildman–Crippen LogP) is 3.44. The van der Waals surface area contributed by atoms with Crippen LogP contribution in [0.15, 0.2) is 42.5 Å². The van der Waals surface area contributed by atoms with Gasteiger partial charge < -0.3 is 9.47 Å². The lowest BCUT2D eigenvalue weighted by Gasteiger charge is -2.01. The van der Waals surface area contributed by atoms with Crippen LogP contribution in [0.25, 0.3) is 10.4 Å². The summed E-state index contributed by atoms with van der Waals surface area (Å²) >= 11 is 1.66. The summed E-state index contributed by atoms with van der Waals surface area (Å²) in [5.74, 6) is 0. The van der Waals surface area contributed by atoms with E-state index in [0.29, 0.717) is 13.2 Å². The Balaban J connectivity index is 2.02. The van der Waals surface area contributed by atoms with Crippen molar-refractivity contribution in [3.63, 3.8) is 0 Å². The van der Waals surface area contributed by atoms with Gasteiger partial charge in [-0.25, -0.2) is 0 Å². The summed E-state index contributed by atoms with van der Waals surface area (Å²) in [7, 11) is 1.67. The zero-order chi connectivity index (χ0) is 11.2. The maximum Gasteiger partial charge on any atom is 0.174 e. The Bertz CT molecular complexity index is 423. The minimum Gasteiger partial charge on any atom is -0.482 e. The van der Waals surface area contributed by atoms with Gasteiger partial charge in [-0.05, 0) is 17.7 Å². The highest BCUT2D eigenvalue weighted by Crippen LogP contribution is 2.32. The molecule has 84 valence electrons. The molecule has 0 saturated heterocycles. The number of benzene rings is 1. The Morgan fingerprint density at radius 2 is 1.81 bits per heavy atom. The molecule has 0 atom stereocenters. The quantitative estimate of drug-likeness (QED) is 0.738. The topological polar surface area (TPSA) is 18.5 Å². The first-order valence-electron chi connectivity index (χ1n) is 5.17. The molecule has 0 N–H and O–H groups in total. The molecule has 1 aromatic heterocycles. The van der Waals surface area contributed by atoms with Crippen LogP contribution in [-0.2, 0) is 4.74 Å². The second-order valence-electron chi connectivity index (χ2n) is 3.33. The van der Waals surface area contributed by atoms with Gasteiger partial charge in [-0.1, -0.05) is 41.7 Å². The van der Waals surface area contributed by atoms with E-state index in [9.17, 15) is 0 Å². The summed E-state index contributed by atoms with van der Waals surface area (Å²) in [6, 6.07) is 14.4. The molecule has 0 saturated carbocycles. The zero-order valence-electron chi connectivity index (χ0n) is 9.18. The summed E-state index contributed by atoms with van der Waals surface area (Å²) in [4.78, 5) is 1.23. The fraction of sp³-hybridized carbons (Fsp3) is 0.231. The lowest BCUT2D eigenvalue weighted by molar-refractivity contribution is 0.148. The average molecular weight is 234 g/mol. The smallest absolute Gasteiger partial charge is 0.174 e. The fourth-order valence-electron chi connectivity index (χ4n) is 1.38. The van der Waals surface area contributed by atoms with Crippen molar-refractivity contribution in [2.24, 2.45) is 0 Å². The minimum absolute atomic E-state index is 0.602. The van der Waals surface area contributed by atoms with E-state index in [-0.39, 0.29) is 0 Å². The highest BCUT2D eigenvalue weighted by Gasteiger charge is 2.02. The molecule has 3 heteroatoms.